The van der Waals surface area contributed by atoms with Gasteiger partial charge in [0.1, 0.15) is 5.82 Å². The SMILES string of the molecule is CCc1nsc(N(CCN)C(CC)CC)n1. The van der Waals surface area contributed by atoms with Gasteiger partial charge in [0.15, 0.2) is 0 Å². The fraction of sp³-hybridized carbons (Fsp3) is 0.818. The Morgan fingerprint density at radius 1 is 1.31 bits per heavy atom. The fourth-order valence-electron chi connectivity index (χ4n) is 1.81. The Morgan fingerprint density at radius 2 is 2.00 bits per heavy atom. The molecule has 1 aromatic rings. The number of hydrogen-bond acceptors (Lipinski definition) is 5. The molecule has 0 saturated carbocycles. The van der Waals surface area contributed by atoms with E-state index in [9.17, 15) is 0 Å². The average Bonchev–Trinajstić information content (AvgIpc) is 2.77. The molecule has 0 aliphatic carbocycles. The summed E-state index contributed by atoms with van der Waals surface area (Å²) in [6.45, 7) is 8.03. The maximum Gasteiger partial charge on any atom is 0.205 e. The van der Waals surface area contributed by atoms with Crippen LogP contribution < -0.4 is 10.6 Å². The van der Waals surface area contributed by atoms with Crippen LogP contribution in [0.2, 0.25) is 0 Å². The smallest absolute Gasteiger partial charge is 0.205 e. The number of aryl methyl sites for hydroxylation is 1. The summed E-state index contributed by atoms with van der Waals surface area (Å²) >= 11 is 1.49. The van der Waals surface area contributed by atoms with Crippen LogP contribution in [0.25, 0.3) is 0 Å². The number of rotatable bonds is 7. The standard InChI is InChI=1S/C11H22N4S/c1-4-9(5-2)15(8-7-12)11-13-10(6-3)14-16-11/h9H,4-8,12H2,1-3H3. The van der Waals surface area contributed by atoms with Gasteiger partial charge >= 0.3 is 0 Å². The second-order valence-electron chi connectivity index (χ2n) is 3.80. The van der Waals surface area contributed by atoms with Gasteiger partial charge < -0.3 is 10.6 Å². The lowest BCUT2D eigenvalue weighted by atomic mass is 10.1. The Hall–Kier alpha value is -0.680. The normalized spacial score (nSPS) is 11.1. The molecule has 1 heterocycles. The number of anilines is 1. The minimum absolute atomic E-state index is 0.529. The third kappa shape index (κ3) is 3.15. The second-order valence-corrected chi connectivity index (χ2v) is 4.53. The highest BCUT2D eigenvalue weighted by molar-refractivity contribution is 7.09. The van der Waals surface area contributed by atoms with Gasteiger partial charge in [-0.15, -0.1) is 0 Å². The van der Waals surface area contributed by atoms with Gasteiger partial charge in [0.2, 0.25) is 5.13 Å². The second kappa shape index (κ2) is 6.81. The van der Waals surface area contributed by atoms with E-state index in [0.717, 1.165) is 36.8 Å². The Bertz CT molecular complexity index is 296. The lowest BCUT2D eigenvalue weighted by Gasteiger charge is -2.29. The van der Waals surface area contributed by atoms with E-state index in [-0.39, 0.29) is 0 Å². The van der Waals surface area contributed by atoms with Gasteiger partial charge in [0.05, 0.1) is 0 Å². The van der Waals surface area contributed by atoms with Crippen molar-refractivity contribution in [1.82, 2.24) is 9.36 Å². The van der Waals surface area contributed by atoms with Crippen LogP contribution in [0.4, 0.5) is 5.13 Å². The molecule has 0 radical (unpaired) electrons. The first-order valence-corrected chi connectivity index (χ1v) is 6.83. The van der Waals surface area contributed by atoms with E-state index in [0.29, 0.717) is 12.6 Å². The first kappa shape index (κ1) is 13.4. The molecule has 0 fully saturated rings. The summed E-state index contributed by atoms with van der Waals surface area (Å²) in [7, 11) is 0. The van der Waals surface area contributed by atoms with Crippen molar-refractivity contribution in [2.45, 2.75) is 46.1 Å². The van der Waals surface area contributed by atoms with Gasteiger partial charge in [-0.2, -0.15) is 4.37 Å². The van der Waals surface area contributed by atoms with Gasteiger partial charge in [-0.05, 0) is 12.8 Å². The summed E-state index contributed by atoms with van der Waals surface area (Å²) in [6.07, 6.45) is 3.14. The van der Waals surface area contributed by atoms with E-state index in [1.807, 2.05) is 0 Å². The van der Waals surface area contributed by atoms with Crippen LogP contribution in [0.3, 0.4) is 0 Å². The van der Waals surface area contributed by atoms with Gasteiger partial charge in [-0.3, -0.25) is 0 Å². The minimum atomic E-state index is 0.529. The van der Waals surface area contributed by atoms with Crippen molar-refractivity contribution in [3.63, 3.8) is 0 Å². The van der Waals surface area contributed by atoms with Crippen LogP contribution in [0.1, 0.15) is 39.4 Å². The number of aromatic nitrogens is 2. The van der Waals surface area contributed by atoms with Crippen LogP contribution in [0.15, 0.2) is 0 Å². The molecule has 16 heavy (non-hydrogen) atoms. The molecule has 0 amide bonds. The predicted molar refractivity (Wildman–Crippen MR) is 70.1 cm³/mol. The molecule has 0 aromatic carbocycles. The summed E-state index contributed by atoms with van der Waals surface area (Å²) < 4.78 is 4.34. The summed E-state index contributed by atoms with van der Waals surface area (Å²) in [5.41, 5.74) is 5.67. The van der Waals surface area contributed by atoms with Gasteiger partial charge in [-0.25, -0.2) is 4.98 Å². The molecule has 0 unspecified atom stereocenters. The molecule has 2 N–H and O–H groups in total. The maximum atomic E-state index is 5.67. The number of hydrogen-bond donors (Lipinski definition) is 1. The molecule has 5 heteroatoms. The van der Waals surface area contributed by atoms with Crippen molar-refractivity contribution in [3.8, 4) is 0 Å². The molecule has 0 aliphatic rings. The monoisotopic (exact) mass is 242 g/mol. The van der Waals surface area contributed by atoms with E-state index < -0.39 is 0 Å². The predicted octanol–water partition coefficient (Wildman–Crippen LogP) is 2.05. The van der Waals surface area contributed by atoms with E-state index in [1.54, 1.807) is 0 Å². The lowest BCUT2D eigenvalue weighted by Crippen LogP contribution is -2.38. The molecular formula is C11H22N4S. The van der Waals surface area contributed by atoms with Crippen molar-refractivity contribution in [2.75, 3.05) is 18.0 Å². The number of nitrogens with two attached hydrogens (primary N) is 1. The topological polar surface area (TPSA) is 55.0 Å². The Morgan fingerprint density at radius 3 is 2.44 bits per heavy atom. The Labute approximate surface area is 102 Å². The van der Waals surface area contributed by atoms with Crippen LogP contribution in [-0.4, -0.2) is 28.5 Å². The first-order valence-electron chi connectivity index (χ1n) is 6.06. The van der Waals surface area contributed by atoms with Gasteiger partial charge in [-0.1, -0.05) is 20.8 Å². The van der Waals surface area contributed by atoms with Gasteiger partial charge in [0, 0.05) is 37.1 Å². The molecule has 0 spiro atoms. The maximum absolute atomic E-state index is 5.67. The van der Waals surface area contributed by atoms with Crippen LogP contribution in [-0.2, 0) is 6.42 Å². The molecule has 0 aliphatic heterocycles. The molecule has 1 rings (SSSR count). The minimum Gasteiger partial charge on any atom is -0.343 e. The van der Waals surface area contributed by atoms with Crippen molar-refractivity contribution >= 4 is 16.7 Å². The highest BCUT2D eigenvalue weighted by Gasteiger charge is 2.18. The third-order valence-electron chi connectivity index (χ3n) is 2.77. The van der Waals surface area contributed by atoms with Crippen molar-refractivity contribution in [3.05, 3.63) is 5.82 Å². The largest absolute Gasteiger partial charge is 0.343 e. The highest BCUT2D eigenvalue weighted by atomic mass is 32.1. The molecule has 4 nitrogen and oxygen atoms in total. The molecular weight excluding hydrogens is 220 g/mol. The number of nitrogens with zero attached hydrogens (tertiary/aromatic N) is 3. The Balaban J connectivity index is 2.82. The van der Waals surface area contributed by atoms with Crippen LogP contribution >= 0.6 is 11.5 Å². The van der Waals surface area contributed by atoms with E-state index in [2.05, 4.69) is 35.0 Å². The van der Waals surface area contributed by atoms with Crippen molar-refractivity contribution in [1.29, 1.82) is 0 Å². The fourth-order valence-corrected chi connectivity index (χ4v) is 2.66. The van der Waals surface area contributed by atoms with E-state index in [1.165, 1.54) is 11.5 Å². The third-order valence-corrected chi connectivity index (χ3v) is 3.56. The summed E-state index contributed by atoms with van der Waals surface area (Å²) in [6, 6.07) is 0.529. The van der Waals surface area contributed by atoms with E-state index in [4.69, 9.17) is 5.73 Å². The summed E-state index contributed by atoms with van der Waals surface area (Å²) in [5.74, 6) is 0.938. The summed E-state index contributed by atoms with van der Waals surface area (Å²) in [4.78, 5) is 6.84. The molecule has 0 atom stereocenters. The zero-order chi connectivity index (χ0) is 12.0. The van der Waals surface area contributed by atoms with Gasteiger partial charge in [0.25, 0.3) is 0 Å². The van der Waals surface area contributed by atoms with Crippen LogP contribution in [0.5, 0.6) is 0 Å². The molecule has 1 aromatic heterocycles. The summed E-state index contributed by atoms with van der Waals surface area (Å²) in [5, 5.41) is 1.02. The Kier molecular flexibility index (Phi) is 5.69. The quantitative estimate of drug-likeness (QED) is 0.795. The zero-order valence-electron chi connectivity index (χ0n) is 10.4. The zero-order valence-corrected chi connectivity index (χ0v) is 11.3. The average molecular weight is 242 g/mol. The first-order chi connectivity index (χ1) is 7.76. The molecule has 0 saturated heterocycles. The van der Waals surface area contributed by atoms with Crippen LogP contribution in [0, 0.1) is 0 Å². The lowest BCUT2D eigenvalue weighted by molar-refractivity contribution is 0.557. The molecule has 92 valence electrons. The molecule has 0 bridgehead atoms. The van der Waals surface area contributed by atoms with Crippen molar-refractivity contribution in [2.24, 2.45) is 5.73 Å². The van der Waals surface area contributed by atoms with E-state index >= 15 is 0 Å². The highest BCUT2D eigenvalue weighted by Crippen LogP contribution is 2.22. The van der Waals surface area contributed by atoms with Crippen molar-refractivity contribution < 1.29 is 0 Å².